The van der Waals surface area contributed by atoms with Crippen LogP contribution in [0.4, 0.5) is 0 Å². The van der Waals surface area contributed by atoms with Gasteiger partial charge in [-0.2, -0.15) is 0 Å². The lowest BCUT2D eigenvalue weighted by atomic mass is 9.96. The van der Waals surface area contributed by atoms with Gasteiger partial charge in [0.2, 0.25) is 0 Å². The van der Waals surface area contributed by atoms with Gasteiger partial charge in [0.15, 0.2) is 0 Å². The Morgan fingerprint density at radius 2 is 2.21 bits per heavy atom. The minimum Gasteiger partial charge on any atom is -0.387 e. The van der Waals surface area contributed by atoms with E-state index in [4.69, 9.17) is 5.73 Å². The molecular weight excluding hydrogens is 194 g/mol. The second-order valence-electron chi connectivity index (χ2n) is 3.68. The number of aryl methyl sites for hydroxylation is 1. The molecule has 0 aliphatic heterocycles. The summed E-state index contributed by atoms with van der Waals surface area (Å²) < 4.78 is 0. The van der Waals surface area contributed by atoms with Crippen LogP contribution in [-0.2, 0) is 0 Å². The molecule has 0 bridgehead atoms. The van der Waals surface area contributed by atoms with E-state index in [1.807, 2.05) is 12.1 Å². The summed E-state index contributed by atoms with van der Waals surface area (Å²) in [5.41, 5.74) is 5.65. The molecule has 0 amide bonds. The summed E-state index contributed by atoms with van der Waals surface area (Å²) in [5.74, 6) is 0.207. The van der Waals surface area contributed by atoms with Crippen LogP contribution in [0.25, 0.3) is 0 Å². The monoisotopic (exact) mass is 213 g/mol. The van der Waals surface area contributed by atoms with E-state index in [0.717, 1.165) is 17.7 Å². The normalized spacial score (nSPS) is 15.4. The lowest BCUT2D eigenvalue weighted by Crippen LogP contribution is -2.21. The van der Waals surface area contributed by atoms with Crippen molar-refractivity contribution in [2.45, 2.75) is 32.8 Å². The van der Waals surface area contributed by atoms with Crippen LogP contribution in [0.3, 0.4) is 0 Å². The molecule has 2 nitrogen and oxygen atoms in total. The Hall–Kier alpha value is -0.380. The molecule has 1 rings (SSSR count). The molecule has 0 saturated carbocycles. The average molecular weight is 213 g/mol. The van der Waals surface area contributed by atoms with Gasteiger partial charge in [0.1, 0.15) is 0 Å². The van der Waals surface area contributed by atoms with Gasteiger partial charge in [-0.25, -0.2) is 0 Å². The lowest BCUT2D eigenvalue weighted by Gasteiger charge is -2.19. The maximum absolute atomic E-state index is 10.1. The average Bonchev–Trinajstić information content (AvgIpc) is 2.60. The Morgan fingerprint density at radius 1 is 1.50 bits per heavy atom. The molecule has 3 N–H and O–H groups in total. The first-order valence-electron chi connectivity index (χ1n) is 5.13. The van der Waals surface area contributed by atoms with Crippen LogP contribution >= 0.6 is 11.3 Å². The molecule has 0 aliphatic rings. The van der Waals surface area contributed by atoms with Crippen LogP contribution in [0.1, 0.15) is 35.6 Å². The van der Waals surface area contributed by atoms with E-state index in [-0.39, 0.29) is 12.0 Å². The molecule has 3 heteroatoms. The number of thiophene rings is 1. The molecule has 2 atom stereocenters. The summed E-state index contributed by atoms with van der Waals surface area (Å²) >= 11 is 1.66. The molecule has 0 fully saturated rings. The van der Waals surface area contributed by atoms with Gasteiger partial charge in [-0.15, -0.1) is 11.3 Å². The predicted octanol–water partition coefficient (Wildman–Crippen LogP) is 2.46. The number of aliphatic hydroxyl groups is 1. The molecule has 14 heavy (non-hydrogen) atoms. The topological polar surface area (TPSA) is 46.2 Å². The summed E-state index contributed by atoms with van der Waals surface area (Å²) in [4.78, 5) is 2.29. The molecule has 1 aromatic heterocycles. The van der Waals surface area contributed by atoms with E-state index < -0.39 is 0 Å². The highest BCUT2D eigenvalue weighted by molar-refractivity contribution is 7.12. The molecule has 0 spiro atoms. The van der Waals surface area contributed by atoms with Crippen LogP contribution in [0.15, 0.2) is 12.1 Å². The number of aliphatic hydroxyl groups excluding tert-OH is 1. The third-order valence-corrected chi connectivity index (χ3v) is 3.53. The quantitative estimate of drug-likeness (QED) is 0.789. The predicted molar refractivity (Wildman–Crippen MR) is 61.5 cm³/mol. The Labute approximate surface area is 89.8 Å². The van der Waals surface area contributed by atoms with Crippen molar-refractivity contribution in [1.29, 1.82) is 0 Å². The van der Waals surface area contributed by atoms with E-state index in [1.54, 1.807) is 11.3 Å². The van der Waals surface area contributed by atoms with Crippen LogP contribution in [-0.4, -0.2) is 11.7 Å². The summed E-state index contributed by atoms with van der Waals surface area (Å²) in [6.45, 7) is 4.74. The summed E-state index contributed by atoms with van der Waals surface area (Å²) in [5, 5.41) is 10.1. The van der Waals surface area contributed by atoms with Gasteiger partial charge in [0, 0.05) is 15.7 Å². The van der Waals surface area contributed by atoms with Crippen LogP contribution in [0.5, 0.6) is 0 Å². The largest absolute Gasteiger partial charge is 0.387 e. The zero-order valence-electron chi connectivity index (χ0n) is 8.86. The van der Waals surface area contributed by atoms with E-state index in [2.05, 4.69) is 13.8 Å². The molecular formula is C11H19NOS. The van der Waals surface area contributed by atoms with Crippen LogP contribution in [0.2, 0.25) is 0 Å². The van der Waals surface area contributed by atoms with Gasteiger partial charge in [-0.05, 0) is 32.0 Å². The fourth-order valence-corrected chi connectivity index (χ4v) is 2.58. The molecule has 0 radical (unpaired) electrons. The fourth-order valence-electron chi connectivity index (χ4n) is 1.62. The highest BCUT2D eigenvalue weighted by Gasteiger charge is 2.19. The third-order valence-electron chi connectivity index (χ3n) is 2.46. The van der Waals surface area contributed by atoms with Gasteiger partial charge in [-0.3, -0.25) is 0 Å². The van der Waals surface area contributed by atoms with Crippen molar-refractivity contribution in [3.63, 3.8) is 0 Å². The second kappa shape index (κ2) is 5.49. The van der Waals surface area contributed by atoms with Gasteiger partial charge in [-0.1, -0.05) is 13.3 Å². The summed E-state index contributed by atoms with van der Waals surface area (Å²) in [6, 6.07) is 4.05. The first-order chi connectivity index (χ1) is 6.69. The molecule has 0 aromatic carbocycles. The van der Waals surface area contributed by atoms with Crippen LogP contribution in [0, 0.1) is 12.8 Å². The number of hydrogen-bond donors (Lipinski definition) is 2. The van der Waals surface area contributed by atoms with Gasteiger partial charge < -0.3 is 10.8 Å². The van der Waals surface area contributed by atoms with E-state index in [0.29, 0.717) is 6.54 Å². The molecule has 0 aliphatic carbocycles. The minimum atomic E-state index is -0.376. The van der Waals surface area contributed by atoms with E-state index in [9.17, 15) is 5.11 Å². The van der Waals surface area contributed by atoms with Crippen molar-refractivity contribution in [2.24, 2.45) is 11.7 Å². The van der Waals surface area contributed by atoms with E-state index in [1.165, 1.54) is 4.88 Å². The fraction of sp³-hybridized carbons (Fsp3) is 0.636. The second-order valence-corrected chi connectivity index (χ2v) is 5.00. The summed E-state index contributed by atoms with van der Waals surface area (Å²) in [7, 11) is 0. The minimum absolute atomic E-state index is 0.207. The number of hydrogen-bond acceptors (Lipinski definition) is 3. The van der Waals surface area contributed by atoms with Gasteiger partial charge >= 0.3 is 0 Å². The van der Waals surface area contributed by atoms with E-state index >= 15 is 0 Å². The number of nitrogens with two attached hydrogens (primary N) is 1. The Balaban J connectivity index is 2.66. The van der Waals surface area contributed by atoms with Crippen molar-refractivity contribution >= 4 is 11.3 Å². The first kappa shape index (κ1) is 11.7. The van der Waals surface area contributed by atoms with Crippen molar-refractivity contribution in [1.82, 2.24) is 0 Å². The highest BCUT2D eigenvalue weighted by Crippen LogP contribution is 2.30. The third kappa shape index (κ3) is 2.80. The van der Waals surface area contributed by atoms with Crippen molar-refractivity contribution in [2.75, 3.05) is 6.54 Å². The zero-order valence-corrected chi connectivity index (χ0v) is 9.68. The zero-order chi connectivity index (χ0) is 10.6. The SMILES string of the molecule is CCCC(CN)C(O)c1ccc(C)s1. The van der Waals surface area contributed by atoms with Crippen molar-refractivity contribution in [3.05, 3.63) is 21.9 Å². The lowest BCUT2D eigenvalue weighted by molar-refractivity contribution is 0.110. The standard InChI is InChI=1S/C11H19NOS/c1-3-4-9(7-12)11(13)10-6-5-8(2)14-10/h5-6,9,11,13H,3-4,7,12H2,1-2H3. The van der Waals surface area contributed by atoms with Crippen molar-refractivity contribution < 1.29 is 5.11 Å². The summed E-state index contributed by atoms with van der Waals surface area (Å²) in [6.07, 6.45) is 1.69. The Morgan fingerprint density at radius 3 is 2.64 bits per heavy atom. The first-order valence-corrected chi connectivity index (χ1v) is 5.95. The molecule has 0 saturated heterocycles. The molecule has 1 aromatic rings. The smallest absolute Gasteiger partial charge is 0.0922 e. The maximum Gasteiger partial charge on any atom is 0.0922 e. The Bertz CT molecular complexity index is 272. The van der Waals surface area contributed by atoms with Gasteiger partial charge in [0.05, 0.1) is 6.10 Å². The molecule has 80 valence electrons. The van der Waals surface area contributed by atoms with Crippen molar-refractivity contribution in [3.8, 4) is 0 Å². The maximum atomic E-state index is 10.1. The highest BCUT2D eigenvalue weighted by atomic mass is 32.1. The Kier molecular flexibility index (Phi) is 4.58. The van der Waals surface area contributed by atoms with Crippen LogP contribution < -0.4 is 5.73 Å². The molecule has 1 heterocycles. The number of rotatable bonds is 5. The molecule has 2 unspecified atom stereocenters. The van der Waals surface area contributed by atoms with Gasteiger partial charge in [0.25, 0.3) is 0 Å².